The lowest BCUT2D eigenvalue weighted by molar-refractivity contribution is 0.306. The minimum absolute atomic E-state index is 0.418. The molecule has 0 amide bonds. The van der Waals surface area contributed by atoms with Crippen molar-refractivity contribution in [1.29, 1.82) is 0 Å². The fraction of sp³-hybridized carbons (Fsp3) is 0.538. The van der Waals surface area contributed by atoms with Gasteiger partial charge in [-0.25, -0.2) is 0 Å². The zero-order valence-corrected chi connectivity index (χ0v) is 8.71. The van der Waals surface area contributed by atoms with Crippen molar-refractivity contribution in [3.8, 4) is 0 Å². The van der Waals surface area contributed by atoms with E-state index in [4.69, 9.17) is 5.73 Å². The van der Waals surface area contributed by atoms with Crippen LogP contribution in [0.2, 0.25) is 0 Å². The van der Waals surface area contributed by atoms with Crippen molar-refractivity contribution < 1.29 is 0 Å². The molecule has 2 N–H and O–H groups in total. The number of nitrogens with two attached hydrogens (primary N) is 1. The van der Waals surface area contributed by atoms with Gasteiger partial charge in [-0.3, -0.25) is 0 Å². The molecule has 0 aliphatic heterocycles. The molecule has 0 heterocycles. The molecule has 1 aliphatic carbocycles. The molecule has 1 nitrogen and oxygen atoms in total. The monoisotopic (exact) mass is 189 g/mol. The van der Waals surface area contributed by atoms with Gasteiger partial charge >= 0.3 is 0 Å². The third-order valence-corrected chi connectivity index (χ3v) is 3.52. The number of benzene rings is 1. The van der Waals surface area contributed by atoms with E-state index >= 15 is 0 Å². The summed E-state index contributed by atoms with van der Waals surface area (Å²) >= 11 is 0. The van der Waals surface area contributed by atoms with Gasteiger partial charge in [0.25, 0.3) is 0 Å². The number of hydrogen-bond acceptors (Lipinski definition) is 1. The maximum Gasteiger partial charge on any atom is -0.00173 e. The van der Waals surface area contributed by atoms with Gasteiger partial charge in [0.05, 0.1) is 0 Å². The highest BCUT2D eigenvalue weighted by Crippen LogP contribution is 2.39. The summed E-state index contributed by atoms with van der Waals surface area (Å²) in [5.74, 6) is 0. The van der Waals surface area contributed by atoms with Crippen LogP contribution in [-0.4, -0.2) is 6.54 Å². The predicted molar refractivity (Wildman–Crippen MR) is 60.1 cm³/mol. The van der Waals surface area contributed by atoms with E-state index in [1.165, 1.54) is 37.7 Å². The molecule has 1 aromatic rings. The van der Waals surface area contributed by atoms with Gasteiger partial charge in [0.2, 0.25) is 0 Å². The first-order valence-electron chi connectivity index (χ1n) is 5.59. The van der Waals surface area contributed by atoms with Crippen LogP contribution in [0.25, 0.3) is 0 Å². The Morgan fingerprint density at radius 1 is 1.07 bits per heavy atom. The maximum atomic E-state index is 5.92. The molecule has 76 valence electrons. The molecule has 1 aromatic carbocycles. The SMILES string of the molecule is NCC1(Cc2ccccc2)CCCC1. The van der Waals surface area contributed by atoms with Crippen molar-refractivity contribution in [2.24, 2.45) is 11.1 Å². The highest BCUT2D eigenvalue weighted by atomic mass is 14.6. The smallest absolute Gasteiger partial charge is 0.00173 e. The van der Waals surface area contributed by atoms with Gasteiger partial charge in [-0.05, 0) is 36.8 Å². The fourth-order valence-corrected chi connectivity index (χ4v) is 2.61. The summed E-state index contributed by atoms with van der Waals surface area (Å²) in [4.78, 5) is 0. The second-order valence-corrected chi connectivity index (χ2v) is 4.57. The Hall–Kier alpha value is -0.820. The van der Waals surface area contributed by atoms with Crippen LogP contribution in [-0.2, 0) is 6.42 Å². The molecule has 0 saturated heterocycles. The van der Waals surface area contributed by atoms with E-state index in [1.54, 1.807) is 0 Å². The van der Waals surface area contributed by atoms with E-state index in [1.807, 2.05) is 0 Å². The number of hydrogen-bond donors (Lipinski definition) is 1. The van der Waals surface area contributed by atoms with Crippen molar-refractivity contribution in [3.05, 3.63) is 35.9 Å². The van der Waals surface area contributed by atoms with Gasteiger partial charge in [0, 0.05) is 0 Å². The van der Waals surface area contributed by atoms with Crippen LogP contribution in [0.4, 0.5) is 0 Å². The van der Waals surface area contributed by atoms with E-state index in [0.29, 0.717) is 5.41 Å². The van der Waals surface area contributed by atoms with Crippen molar-refractivity contribution in [2.45, 2.75) is 32.1 Å². The molecule has 14 heavy (non-hydrogen) atoms. The average Bonchev–Trinajstić information content (AvgIpc) is 2.69. The average molecular weight is 189 g/mol. The summed E-state index contributed by atoms with van der Waals surface area (Å²) in [5, 5.41) is 0. The Morgan fingerprint density at radius 2 is 1.71 bits per heavy atom. The Kier molecular flexibility index (Phi) is 2.87. The minimum atomic E-state index is 0.418. The van der Waals surface area contributed by atoms with Gasteiger partial charge in [-0.15, -0.1) is 0 Å². The molecular formula is C13H19N. The summed E-state index contributed by atoms with van der Waals surface area (Å²) in [7, 11) is 0. The summed E-state index contributed by atoms with van der Waals surface area (Å²) in [6.07, 6.45) is 6.54. The summed E-state index contributed by atoms with van der Waals surface area (Å²) < 4.78 is 0. The van der Waals surface area contributed by atoms with Gasteiger partial charge in [-0.2, -0.15) is 0 Å². The van der Waals surface area contributed by atoms with E-state index in [0.717, 1.165) is 6.54 Å². The molecule has 0 atom stereocenters. The molecule has 0 bridgehead atoms. The van der Waals surface area contributed by atoms with Crippen LogP contribution in [0.3, 0.4) is 0 Å². The van der Waals surface area contributed by atoms with E-state index < -0.39 is 0 Å². The molecule has 0 aromatic heterocycles. The lowest BCUT2D eigenvalue weighted by Crippen LogP contribution is -2.29. The lowest BCUT2D eigenvalue weighted by Gasteiger charge is -2.27. The molecule has 1 aliphatic rings. The largest absolute Gasteiger partial charge is 0.330 e. The second kappa shape index (κ2) is 4.14. The van der Waals surface area contributed by atoms with E-state index in [2.05, 4.69) is 30.3 Å². The van der Waals surface area contributed by atoms with Crippen molar-refractivity contribution in [1.82, 2.24) is 0 Å². The summed E-state index contributed by atoms with van der Waals surface area (Å²) in [6.45, 7) is 0.849. The Labute approximate surface area is 86.3 Å². The molecule has 0 spiro atoms. The van der Waals surface area contributed by atoms with E-state index in [9.17, 15) is 0 Å². The van der Waals surface area contributed by atoms with Crippen LogP contribution >= 0.6 is 0 Å². The molecule has 0 unspecified atom stereocenters. The first kappa shape index (κ1) is 9.72. The van der Waals surface area contributed by atoms with Crippen LogP contribution in [0.1, 0.15) is 31.2 Å². The quantitative estimate of drug-likeness (QED) is 0.777. The lowest BCUT2D eigenvalue weighted by atomic mass is 9.80. The van der Waals surface area contributed by atoms with Crippen LogP contribution < -0.4 is 5.73 Å². The van der Waals surface area contributed by atoms with Crippen molar-refractivity contribution in [2.75, 3.05) is 6.54 Å². The van der Waals surface area contributed by atoms with Gasteiger partial charge in [0.15, 0.2) is 0 Å². The first-order valence-corrected chi connectivity index (χ1v) is 5.59. The second-order valence-electron chi connectivity index (χ2n) is 4.57. The fourth-order valence-electron chi connectivity index (χ4n) is 2.61. The molecule has 0 radical (unpaired) electrons. The number of rotatable bonds is 3. The Morgan fingerprint density at radius 3 is 2.29 bits per heavy atom. The third-order valence-electron chi connectivity index (χ3n) is 3.52. The standard InChI is InChI=1S/C13H19N/c14-11-13(8-4-5-9-13)10-12-6-2-1-3-7-12/h1-3,6-7H,4-5,8-11,14H2. The van der Waals surface area contributed by atoms with E-state index in [-0.39, 0.29) is 0 Å². The topological polar surface area (TPSA) is 26.0 Å². The third kappa shape index (κ3) is 1.98. The van der Waals surface area contributed by atoms with Crippen LogP contribution in [0.5, 0.6) is 0 Å². The zero-order valence-electron chi connectivity index (χ0n) is 8.71. The normalized spacial score (nSPS) is 19.8. The van der Waals surface area contributed by atoms with Gasteiger partial charge in [-0.1, -0.05) is 43.2 Å². The minimum Gasteiger partial charge on any atom is -0.330 e. The van der Waals surface area contributed by atoms with Crippen LogP contribution in [0, 0.1) is 5.41 Å². The highest BCUT2D eigenvalue weighted by Gasteiger charge is 2.32. The Balaban J connectivity index is 2.08. The Bertz CT molecular complexity index is 273. The molecule has 1 saturated carbocycles. The molecule has 1 fully saturated rings. The van der Waals surface area contributed by atoms with Crippen molar-refractivity contribution >= 4 is 0 Å². The predicted octanol–water partition coefficient (Wildman–Crippen LogP) is 2.75. The van der Waals surface area contributed by atoms with Crippen LogP contribution in [0.15, 0.2) is 30.3 Å². The molecular weight excluding hydrogens is 170 g/mol. The maximum absolute atomic E-state index is 5.92. The molecule has 1 heteroatoms. The summed E-state index contributed by atoms with van der Waals surface area (Å²) in [6, 6.07) is 10.8. The first-order chi connectivity index (χ1) is 6.85. The van der Waals surface area contributed by atoms with Gasteiger partial charge < -0.3 is 5.73 Å². The van der Waals surface area contributed by atoms with Crippen molar-refractivity contribution in [3.63, 3.8) is 0 Å². The highest BCUT2D eigenvalue weighted by molar-refractivity contribution is 5.17. The van der Waals surface area contributed by atoms with Gasteiger partial charge in [0.1, 0.15) is 0 Å². The molecule has 2 rings (SSSR count). The zero-order chi connectivity index (χ0) is 9.86. The summed E-state index contributed by atoms with van der Waals surface area (Å²) in [5.41, 5.74) is 7.78.